The molecule has 0 saturated carbocycles. The fourth-order valence-electron chi connectivity index (χ4n) is 3.44. The Kier molecular flexibility index (Phi) is 1.85. The second-order valence-electron chi connectivity index (χ2n) is 5.09. The lowest BCUT2D eigenvalue weighted by Crippen LogP contribution is -2.34. The Balaban J connectivity index is 1.91. The summed E-state index contributed by atoms with van der Waals surface area (Å²) in [5.41, 5.74) is 0.149. The van der Waals surface area contributed by atoms with Crippen molar-refractivity contribution < 1.29 is 4.74 Å². The molecule has 0 spiro atoms. The van der Waals surface area contributed by atoms with Crippen molar-refractivity contribution in [2.45, 2.75) is 44.3 Å². The summed E-state index contributed by atoms with van der Waals surface area (Å²) in [7, 11) is 0. The normalized spacial score (nSPS) is 50.2. The number of fused-ring (bicyclic) bond motifs is 3. The fourth-order valence-corrected chi connectivity index (χ4v) is 3.44. The van der Waals surface area contributed by atoms with Gasteiger partial charge in [0.15, 0.2) is 0 Å². The molecule has 0 aromatic rings. The van der Waals surface area contributed by atoms with Crippen molar-refractivity contribution in [3.8, 4) is 0 Å². The largest absolute Gasteiger partial charge is 0.371 e. The van der Waals surface area contributed by atoms with Gasteiger partial charge >= 0.3 is 0 Å². The van der Waals surface area contributed by atoms with Gasteiger partial charge in [-0.15, -0.1) is 0 Å². The predicted octanol–water partition coefficient (Wildman–Crippen LogP) is 3.08. The van der Waals surface area contributed by atoms with E-state index in [9.17, 15) is 0 Å². The van der Waals surface area contributed by atoms with E-state index in [1.807, 2.05) is 0 Å². The summed E-state index contributed by atoms with van der Waals surface area (Å²) in [6, 6.07) is 0. The van der Waals surface area contributed by atoms with Crippen LogP contribution < -0.4 is 0 Å². The summed E-state index contributed by atoms with van der Waals surface area (Å²) in [6.07, 6.45) is 14.5. The van der Waals surface area contributed by atoms with Gasteiger partial charge in [-0.25, -0.2) is 0 Å². The topological polar surface area (TPSA) is 9.23 Å². The maximum atomic E-state index is 6.25. The summed E-state index contributed by atoms with van der Waals surface area (Å²) in [5.74, 6) is 1.55. The van der Waals surface area contributed by atoms with Crippen LogP contribution >= 0.6 is 0 Å². The Bertz CT molecular complexity index is 292. The first-order valence-corrected chi connectivity index (χ1v) is 5.77. The van der Waals surface area contributed by atoms with E-state index in [2.05, 4.69) is 31.2 Å². The van der Waals surface area contributed by atoms with Gasteiger partial charge in [0.2, 0.25) is 0 Å². The van der Waals surface area contributed by atoms with Gasteiger partial charge < -0.3 is 4.74 Å². The summed E-state index contributed by atoms with van der Waals surface area (Å²) >= 11 is 0. The lowest BCUT2D eigenvalue weighted by Gasteiger charge is -2.33. The van der Waals surface area contributed by atoms with E-state index in [0.717, 1.165) is 24.7 Å². The molecule has 1 aliphatic heterocycles. The van der Waals surface area contributed by atoms with Crippen LogP contribution in [0.2, 0.25) is 0 Å². The summed E-state index contributed by atoms with van der Waals surface area (Å²) in [5, 5.41) is 0. The second kappa shape index (κ2) is 2.96. The smallest absolute Gasteiger partial charge is 0.0727 e. The van der Waals surface area contributed by atoms with Crippen molar-refractivity contribution in [3.05, 3.63) is 24.3 Å². The molecule has 1 fully saturated rings. The summed E-state index contributed by atoms with van der Waals surface area (Å²) in [4.78, 5) is 0. The van der Waals surface area contributed by atoms with Crippen LogP contribution in [0.25, 0.3) is 0 Å². The highest BCUT2D eigenvalue weighted by Gasteiger charge is 2.51. The zero-order valence-corrected chi connectivity index (χ0v) is 8.78. The molecular weight excluding hydrogens is 172 g/mol. The van der Waals surface area contributed by atoms with E-state index < -0.39 is 0 Å². The number of ether oxygens (including phenoxy) is 1. The monoisotopic (exact) mass is 190 g/mol. The molecule has 1 saturated heterocycles. The van der Waals surface area contributed by atoms with Crippen LogP contribution in [0, 0.1) is 11.8 Å². The molecule has 4 unspecified atom stereocenters. The first-order valence-electron chi connectivity index (χ1n) is 5.77. The highest BCUT2D eigenvalue weighted by molar-refractivity contribution is 5.12. The van der Waals surface area contributed by atoms with Crippen LogP contribution in [-0.4, -0.2) is 11.7 Å². The van der Waals surface area contributed by atoms with E-state index in [4.69, 9.17) is 4.74 Å². The number of rotatable bonds is 0. The van der Waals surface area contributed by atoms with Crippen molar-refractivity contribution in [3.63, 3.8) is 0 Å². The molecule has 14 heavy (non-hydrogen) atoms. The maximum absolute atomic E-state index is 6.25. The minimum atomic E-state index is 0.149. The molecule has 1 heterocycles. The number of allylic oxidation sites excluding steroid dienone is 2. The van der Waals surface area contributed by atoms with E-state index in [-0.39, 0.29) is 5.60 Å². The molecule has 0 N–H and O–H groups in total. The van der Waals surface area contributed by atoms with Crippen LogP contribution in [0.3, 0.4) is 0 Å². The SMILES string of the molecule is CC12CC=CCC1C1CC=CCC1O2. The van der Waals surface area contributed by atoms with Gasteiger partial charge in [0.1, 0.15) is 0 Å². The second-order valence-corrected chi connectivity index (χ2v) is 5.09. The quantitative estimate of drug-likeness (QED) is 0.533. The third-order valence-corrected chi connectivity index (χ3v) is 4.22. The van der Waals surface area contributed by atoms with Crippen LogP contribution in [-0.2, 0) is 4.74 Å². The van der Waals surface area contributed by atoms with Gasteiger partial charge in [-0.3, -0.25) is 0 Å². The highest BCUT2D eigenvalue weighted by atomic mass is 16.5. The molecule has 0 radical (unpaired) electrons. The molecule has 2 aliphatic carbocycles. The van der Waals surface area contributed by atoms with Gasteiger partial charge in [0.05, 0.1) is 11.7 Å². The average Bonchev–Trinajstić information content (AvgIpc) is 2.49. The Labute approximate surface area is 85.8 Å². The lowest BCUT2D eigenvalue weighted by molar-refractivity contribution is -0.0453. The molecule has 1 nitrogen and oxygen atoms in total. The third kappa shape index (κ3) is 1.12. The molecular formula is C13H18O. The zero-order chi connectivity index (χ0) is 9.60. The molecule has 0 aromatic carbocycles. The Morgan fingerprint density at radius 1 is 1.07 bits per heavy atom. The Hall–Kier alpha value is -0.560. The van der Waals surface area contributed by atoms with Crippen LogP contribution in [0.15, 0.2) is 24.3 Å². The van der Waals surface area contributed by atoms with Crippen molar-refractivity contribution in [2.24, 2.45) is 11.8 Å². The third-order valence-electron chi connectivity index (χ3n) is 4.22. The molecule has 1 heteroatoms. The van der Waals surface area contributed by atoms with Crippen LogP contribution in [0.1, 0.15) is 32.6 Å². The lowest BCUT2D eigenvalue weighted by atomic mass is 9.71. The van der Waals surface area contributed by atoms with Crippen molar-refractivity contribution >= 4 is 0 Å². The maximum Gasteiger partial charge on any atom is 0.0727 e. The molecule has 0 bridgehead atoms. The van der Waals surface area contributed by atoms with Crippen LogP contribution in [0.5, 0.6) is 0 Å². The van der Waals surface area contributed by atoms with E-state index in [1.165, 1.54) is 12.8 Å². The molecule has 0 aromatic heterocycles. The standard InChI is InChI=1S/C13H18O/c1-13-9-5-4-7-11(13)10-6-2-3-8-12(10)14-13/h2-5,10-12H,6-9H2,1H3. The number of hydrogen-bond acceptors (Lipinski definition) is 1. The zero-order valence-electron chi connectivity index (χ0n) is 8.78. The molecule has 76 valence electrons. The van der Waals surface area contributed by atoms with E-state index >= 15 is 0 Å². The van der Waals surface area contributed by atoms with Crippen LogP contribution in [0.4, 0.5) is 0 Å². The van der Waals surface area contributed by atoms with E-state index in [0.29, 0.717) is 6.10 Å². The Morgan fingerprint density at radius 3 is 2.79 bits per heavy atom. The average molecular weight is 190 g/mol. The number of hydrogen-bond donors (Lipinski definition) is 0. The van der Waals surface area contributed by atoms with Gasteiger partial charge in [0.25, 0.3) is 0 Å². The minimum absolute atomic E-state index is 0.149. The molecule has 4 atom stereocenters. The fraction of sp³-hybridized carbons (Fsp3) is 0.692. The molecule has 3 rings (SSSR count). The Morgan fingerprint density at radius 2 is 1.86 bits per heavy atom. The van der Waals surface area contributed by atoms with Crippen molar-refractivity contribution in [1.82, 2.24) is 0 Å². The minimum Gasteiger partial charge on any atom is -0.371 e. The van der Waals surface area contributed by atoms with E-state index in [1.54, 1.807) is 0 Å². The van der Waals surface area contributed by atoms with Crippen molar-refractivity contribution in [2.75, 3.05) is 0 Å². The highest BCUT2D eigenvalue weighted by Crippen LogP contribution is 2.50. The summed E-state index contributed by atoms with van der Waals surface area (Å²) < 4.78 is 6.25. The van der Waals surface area contributed by atoms with Crippen molar-refractivity contribution in [1.29, 1.82) is 0 Å². The first kappa shape index (κ1) is 8.72. The van der Waals surface area contributed by atoms with Gasteiger partial charge in [-0.05, 0) is 44.4 Å². The predicted molar refractivity (Wildman–Crippen MR) is 57.0 cm³/mol. The van der Waals surface area contributed by atoms with Gasteiger partial charge in [-0.2, -0.15) is 0 Å². The first-order chi connectivity index (χ1) is 6.80. The summed E-state index contributed by atoms with van der Waals surface area (Å²) in [6.45, 7) is 2.31. The molecule has 0 amide bonds. The van der Waals surface area contributed by atoms with Gasteiger partial charge in [0, 0.05) is 0 Å². The van der Waals surface area contributed by atoms with Gasteiger partial charge in [-0.1, -0.05) is 24.3 Å². The molecule has 3 aliphatic rings.